The first kappa shape index (κ1) is 16.9. The van der Waals surface area contributed by atoms with Gasteiger partial charge in [-0.2, -0.15) is 0 Å². The van der Waals surface area contributed by atoms with Crippen LogP contribution in [-0.4, -0.2) is 34.5 Å². The molecule has 7 nitrogen and oxygen atoms in total. The van der Waals surface area contributed by atoms with Gasteiger partial charge in [-0.1, -0.05) is 6.42 Å². The summed E-state index contributed by atoms with van der Waals surface area (Å²) >= 11 is 0. The molecule has 4 rings (SSSR count). The Morgan fingerprint density at radius 2 is 2.12 bits per heavy atom. The van der Waals surface area contributed by atoms with Gasteiger partial charge in [0.25, 0.3) is 0 Å². The van der Waals surface area contributed by atoms with Gasteiger partial charge in [-0.25, -0.2) is 4.79 Å². The van der Waals surface area contributed by atoms with E-state index in [1.807, 2.05) is 6.07 Å². The van der Waals surface area contributed by atoms with Crippen molar-refractivity contribution in [2.45, 2.75) is 45.2 Å². The standard InChI is InChI=1S/C19H24N4O3/c1-10(20)16(11(2)24)12-6-7-14-17-18(12)26-9-15(23(17)19(25)22-14)13-5-3-4-8-21-13/h6-7,13,15,21H,3-5,8-9,20H2,1-2H3,(H,22,25). The minimum Gasteiger partial charge on any atom is -0.488 e. The maximum Gasteiger partial charge on any atom is 0.327 e. The lowest BCUT2D eigenvalue weighted by atomic mass is 9.95. The van der Waals surface area contributed by atoms with Gasteiger partial charge in [0, 0.05) is 22.9 Å². The molecule has 0 saturated carbocycles. The molecule has 0 aliphatic carbocycles. The number of rotatable bonds is 3. The molecule has 0 radical (unpaired) electrons. The van der Waals surface area contributed by atoms with Gasteiger partial charge >= 0.3 is 5.69 Å². The first-order valence-corrected chi connectivity index (χ1v) is 9.10. The normalized spacial score (nSPS) is 23.5. The summed E-state index contributed by atoms with van der Waals surface area (Å²) in [5.41, 5.74) is 8.78. The van der Waals surface area contributed by atoms with E-state index in [9.17, 15) is 9.59 Å². The second-order valence-electron chi connectivity index (χ2n) is 7.19. The smallest absolute Gasteiger partial charge is 0.327 e. The van der Waals surface area contributed by atoms with E-state index < -0.39 is 0 Å². The summed E-state index contributed by atoms with van der Waals surface area (Å²) in [6.07, 6.45) is 3.32. The predicted molar refractivity (Wildman–Crippen MR) is 100 cm³/mol. The van der Waals surface area contributed by atoms with E-state index in [2.05, 4.69) is 10.3 Å². The molecule has 0 spiro atoms. The number of aromatic amines is 1. The number of ketones is 1. The number of aromatic nitrogens is 2. The number of carbonyl (C=O) groups excluding carboxylic acids is 1. The van der Waals surface area contributed by atoms with Crippen LogP contribution in [0.1, 0.15) is 44.7 Å². The van der Waals surface area contributed by atoms with Crippen LogP contribution in [-0.2, 0) is 4.79 Å². The predicted octanol–water partition coefficient (Wildman–Crippen LogP) is 1.68. The van der Waals surface area contributed by atoms with Gasteiger partial charge in [0.15, 0.2) is 11.5 Å². The van der Waals surface area contributed by atoms with E-state index in [0.717, 1.165) is 31.3 Å². The molecule has 2 aromatic rings. The van der Waals surface area contributed by atoms with Crippen molar-refractivity contribution in [2.75, 3.05) is 13.2 Å². The van der Waals surface area contributed by atoms with Crippen LogP contribution in [0.15, 0.2) is 22.6 Å². The Bertz CT molecular complexity index is 959. The molecular weight excluding hydrogens is 332 g/mol. The average molecular weight is 356 g/mol. The maximum atomic E-state index is 12.7. The van der Waals surface area contributed by atoms with E-state index in [-0.39, 0.29) is 23.6 Å². The average Bonchev–Trinajstić information content (AvgIpc) is 2.95. The Hall–Kier alpha value is -2.54. The van der Waals surface area contributed by atoms with E-state index >= 15 is 0 Å². The molecule has 7 heteroatoms. The molecule has 1 aromatic heterocycles. The van der Waals surface area contributed by atoms with Crippen LogP contribution in [0.5, 0.6) is 5.75 Å². The van der Waals surface area contributed by atoms with E-state index in [1.54, 1.807) is 17.6 Å². The fourth-order valence-corrected chi connectivity index (χ4v) is 4.27. The van der Waals surface area contributed by atoms with Gasteiger partial charge in [-0.05, 0) is 45.4 Å². The second kappa shape index (κ2) is 6.32. The highest BCUT2D eigenvalue weighted by molar-refractivity contribution is 6.21. The number of piperidine rings is 1. The molecule has 1 aromatic carbocycles. The number of benzene rings is 1. The summed E-state index contributed by atoms with van der Waals surface area (Å²) in [7, 11) is 0. The van der Waals surface area contributed by atoms with Crippen LogP contribution < -0.4 is 21.5 Å². The fraction of sp³-hybridized carbons (Fsp3) is 0.474. The Morgan fingerprint density at radius 3 is 2.77 bits per heavy atom. The Labute approximate surface area is 151 Å². The molecule has 138 valence electrons. The molecule has 2 unspecified atom stereocenters. The quantitative estimate of drug-likeness (QED) is 0.726. The highest BCUT2D eigenvalue weighted by Gasteiger charge is 2.34. The summed E-state index contributed by atoms with van der Waals surface area (Å²) in [5.74, 6) is 0.438. The SMILES string of the molecule is CC(=O)C(=C(C)N)c1ccc2[nH]c(=O)n3c2c1OCC3C1CCCCN1. The third-order valence-electron chi connectivity index (χ3n) is 5.39. The van der Waals surface area contributed by atoms with Gasteiger partial charge in [0.1, 0.15) is 12.1 Å². The van der Waals surface area contributed by atoms with Gasteiger partial charge < -0.3 is 20.8 Å². The highest BCUT2D eigenvalue weighted by atomic mass is 16.5. The van der Waals surface area contributed by atoms with Crippen molar-refractivity contribution in [2.24, 2.45) is 5.73 Å². The van der Waals surface area contributed by atoms with Crippen LogP contribution in [0.3, 0.4) is 0 Å². The van der Waals surface area contributed by atoms with E-state index in [1.165, 1.54) is 6.92 Å². The summed E-state index contributed by atoms with van der Waals surface area (Å²) in [6, 6.07) is 3.75. The molecule has 4 N–H and O–H groups in total. The molecular formula is C19H24N4O3. The lowest BCUT2D eigenvalue weighted by Crippen LogP contribution is -2.46. The van der Waals surface area contributed by atoms with Crippen LogP contribution in [0.25, 0.3) is 16.6 Å². The van der Waals surface area contributed by atoms with Gasteiger partial charge in [-0.3, -0.25) is 9.36 Å². The maximum absolute atomic E-state index is 12.7. The molecule has 2 aliphatic heterocycles. The largest absolute Gasteiger partial charge is 0.488 e. The molecule has 2 atom stereocenters. The number of nitrogens with two attached hydrogens (primary N) is 1. The minimum absolute atomic E-state index is 0.0666. The monoisotopic (exact) mass is 356 g/mol. The molecule has 26 heavy (non-hydrogen) atoms. The number of ether oxygens (including phenoxy) is 1. The Kier molecular flexibility index (Phi) is 4.11. The number of imidazole rings is 1. The van der Waals surface area contributed by atoms with Crippen molar-refractivity contribution < 1.29 is 9.53 Å². The first-order valence-electron chi connectivity index (χ1n) is 9.10. The number of nitrogens with zero attached hydrogens (tertiary/aromatic N) is 1. The molecule has 1 fully saturated rings. The summed E-state index contributed by atoms with van der Waals surface area (Å²) < 4.78 is 7.92. The fourth-order valence-electron chi connectivity index (χ4n) is 4.27. The van der Waals surface area contributed by atoms with Crippen molar-refractivity contribution in [1.29, 1.82) is 0 Å². The van der Waals surface area contributed by atoms with Crippen LogP contribution in [0, 0.1) is 0 Å². The van der Waals surface area contributed by atoms with Crippen LogP contribution in [0.2, 0.25) is 0 Å². The summed E-state index contributed by atoms with van der Waals surface area (Å²) in [5, 5.41) is 3.52. The molecule has 0 amide bonds. The second-order valence-corrected chi connectivity index (χ2v) is 7.19. The molecule has 3 heterocycles. The number of Topliss-reactive ketones (excluding diaryl/α,β-unsaturated/α-hetero) is 1. The van der Waals surface area contributed by atoms with E-state index in [0.29, 0.717) is 34.7 Å². The first-order chi connectivity index (χ1) is 12.5. The van der Waals surface area contributed by atoms with Gasteiger partial charge in [0.05, 0.1) is 11.6 Å². The topological polar surface area (TPSA) is 102 Å². The number of carbonyl (C=O) groups is 1. The van der Waals surface area contributed by atoms with Crippen molar-refractivity contribution >= 4 is 22.4 Å². The molecule has 2 aliphatic rings. The highest BCUT2D eigenvalue weighted by Crippen LogP contribution is 2.39. The molecule has 1 saturated heterocycles. The van der Waals surface area contributed by atoms with E-state index in [4.69, 9.17) is 10.5 Å². The van der Waals surface area contributed by atoms with Crippen molar-refractivity contribution in [3.63, 3.8) is 0 Å². The zero-order valence-electron chi connectivity index (χ0n) is 15.1. The van der Waals surface area contributed by atoms with Gasteiger partial charge in [0.2, 0.25) is 0 Å². The van der Waals surface area contributed by atoms with Crippen LogP contribution >= 0.6 is 0 Å². The Morgan fingerprint density at radius 1 is 1.31 bits per heavy atom. The van der Waals surface area contributed by atoms with Crippen molar-refractivity contribution in [1.82, 2.24) is 14.9 Å². The Balaban J connectivity index is 1.92. The lowest BCUT2D eigenvalue weighted by molar-refractivity contribution is -0.111. The zero-order chi connectivity index (χ0) is 18.4. The number of H-pyrrole nitrogens is 1. The molecule has 0 bridgehead atoms. The number of hydrogen-bond acceptors (Lipinski definition) is 5. The van der Waals surface area contributed by atoms with Crippen molar-refractivity contribution in [3.05, 3.63) is 33.9 Å². The summed E-state index contributed by atoms with van der Waals surface area (Å²) in [4.78, 5) is 27.7. The number of allylic oxidation sites excluding steroid dienone is 2. The van der Waals surface area contributed by atoms with Crippen molar-refractivity contribution in [3.8, 4) is 5.75 Å². The minimum atomic E-state index is -0.142. The van der Waals surface area contributed by atoms with Gasteiger partial charge in [-0.15, -0.1) is 0 Å². The van der Waals surface area contributed by atoms with Crippen LogP contribution in [0.4, 0.5) is 0 Å². The zero-order valence-corrected chi connectivity index (χ0v) is 15.1. The number of nitrogens with one attached hydrogen (secondary N) is 2. The third kappa shape index (κ3) is 2.54. The number of hydrogen-bond donors (Lipinski definition) is 3. The third-order valence-corrected chi connectivity index (χ3v) is 5.39. The summed E-state index contributed by atoms with van der Waals surface area (Å²) in [6.45, 7) is 4.54. The lowest BCUT2D eigenvalue weighted by Gasteiger charge is -2.35.